The predicted molar refractivity (Wildman–Crippen MR) is 89.0 cm³/mol. The van der Waals surface area contributed by atoms with Gasteiger partial charge < -0.3 is 5.32 Å². The van der Waals surface area contributed by atoms with E-state index in [2.05, 4.69) is 15.8 Å². The third kappa shape index (κ3) is 4.07. The second-order valence-electron chi connectivity index (χ2n) is 4.01. The fourth-order valence-electron chi connectivity index (χ4n) is 1.56. The summed E-state index contributed by atoms with van der Waals surface area (Å²) in [5, 5.41) is 20.0. The molecule has 0 saturated carbocycles. The normalized spacial score (nSPS) is 11.0. The molecule has 0 unspecified atom stereocenters. The van der Waals surface area contributed by atoms with Crippen LogP contribution < -0.4 is 10.7 Å². The molecule has 0 aliphatic heterocycles. The fraction of sp³-hybridized carbons (Fsp3) is 0.0769. The van der Waals surface area contributed by atoms with E-state index < -0.39 is 4.92 Å². The van der Waals surface area contributed by atoms with Crippen molar-refractivity contribution in [1.82, 2.24) is 5.43 Å². The van der Waals surface area contributed by atoms with Crippen LogP contribution in [0.25, 0.3) is 0 Å². The van der Waals surface area contributed by atoms with Crippen molar-refractivity contribution >= 4 is 45.8 Å². The van der Waals surface area contributed by atoms with E-state index in [1.165, 1.54) is 6.07 Å². The molecule has 8 heteroatoms. The van der Waals surface area contributed by atoms with Crippen LogP contribution in [0, 0.1) is 10.1 Å². The van der Waals surface area contributed by atoms with Crippen LogP contribution in [-0.2, 0) is 0 Å². The Kier molecular flexibility index (Phi) is 4.96. The first-order valence-electron chi connectivity index (χ1n) is 5.96. The molecular weight excluding hydrogens is 308 g/mol. The number of hydrogen-bond donors (Lipinski definition) is 2. The van der Waals surface area contributed by atoms with Crippen LogP contribution in [0.15, 0.2) is 46.9 Å². The second-order valence-corrected chi connectivity index (χ2v) is 5.37. The highest BCUT2D eigenvalue weighted by molar-refractivity contribution is 7.80. The monoisotopic (exact) mass is 320 g/mol. The first-order valence-corrected chi connectivity index (χ1v) is 7.25. The molecule has 0 saturated heterocycles. The van der Waals surface area contributed by atoms with Gasteiger partial charge >= 0.3 is 0 Å². The molecule has 21 heavy (non-hydrogen) atoms. The largest absolute Gasteiger partial charge is 0.326 e. The van der Waals surface area contributed by atoms with E-state index in [1.807, 2.05) is 24.4 Å². The number of nitrogens with zero attached hydrogens (tertiary/aromatic N) is 2. The second kappa shape index (κ2) is 6.91. The van der Waals surface area contributed by atoms with Gasteiger partial charge in [0, 0.05) is 10.9 Å². The summed E-state index contributed by atoms with van der Waals surface area (Å²) in [6.45, 7) is 1.85. The SMILES string of the molecule is C/C(=N/NC(=S)Nc1ccccc1[N+](=O)[O-])c1cccs1. The van der Waals surface area contributed by atoms with Crippen LogP contribution in [-0.4, -0.2) is 15.7 Å². The molecule has 0 aliphatic carbocycles. The molecule has 108 valence electrons. The lowest BCUT2D eigenvalue weighted by Crippen LogP contribution is -2.25. The van der Waals surface area contributed by atoms with Crippen LogP contribution in [0.2, 0.25) is 0 Å². The number of hydrogen-bond acceptors (Lipinski definition) is 5. The van der Waals surface area contributed by atoms with Crippen molar-refractivity contribution in [2.45, 2.75) is 6.92 Å². The molecule has 0 fully saturated rings. The van der Waals surface area contributed by atoms with E-state index in [1.54, 1.807) is 29.5 Å². The number of anilines is 1. The van der Waals surface area contributed by atoms with Gasteiger partial charge in [-0.25, -0.2) is 0 Å². The third-order valence-electron chi connectivity index (χ3n) is 2.55. The fourth-order valence-corrected chi connectivity index (χ4v) is 2.40. The summed E-state index contributed by atoms with van der Waals surface area (Å²) < 4.78 is 0. The molecule has 0 amide bonds. The minimum absolute atomic E-state index is 0.0411. The van der Waals surface area contributed by atoms with Crippen LogP contribution in [0.3, 0.4) is 0 Å². The molecule has 2 N–H and O–H groups in total. The minimum atomic E-state index is -0.467. The van der Waals surface area contributed by atoms with Crippen molar-refractivity contribution in [3.63, 3.8) is 0 Å². The number of para-hydroxylation sites is 2. The number of nitrogens with one attached hydrogen (secondary N) is 2. The van der Waals surface area contributed by atoms with Gasteiger partial charge in [-0.2, -0.15) is 5.10 Å². The van der Waals surface area contributed by atoms with E-state index in [0.29, 0.717) is 5.69 Å². The van der Waals surface area contributed by atoms with Gasteiger partial charge in [0.1, 0.15) is 5.69 Å². The number of nitro benzene ring substituents is 1. The van der Waals surface area contributed by atoms with Crippen molar-refractivity contribution < 1.29 is 4.92 Å². The van der Waals surface area contributed by atoms with Crippen molar-refractivity contribution in [1.29, 1.82) is 0 Å². The van der Waals surface area contributed by atoms with E-state index >= 15 is 0 Å². The lowest BCUT2D eigenvalue weighted by Gasteiger charge is -2.07. The lowest BCUT2D eigenvalue weighted by molar-refractivity contribution is -0.383. The number of nitro groups is 1. The molecule has 0 radical (unpaired) electrons. The summed E-state index contributed by atoms with van der Waals surface area (Å²) >= 11 is 6.65. The average Bonchev–Trinajstić information content (AvgIpc) is 2.99. The van der Waals surface area contributed by atoms with Gasteiger partial charge in [0.05, 0.1) is 10.6 Å². The third-order valence-corrected chi connectivity index (χ3v) is 3.72. The van der Waals surface area contributed by atoms with E-state index in [9.17, 15) is 10.1 Å². The van der Waals surface area contributed by atoms with Gasteiger partial charge in [-0.05, 0) is 36.7 Å². The maximum atomic E-state index is 10.9. The van der Waals surface area contributed by atoms with Crippen molar-refractivity contribution in [3.05, 3.63) is 56.8 Å². The van der Waals surface area contributed by atoms with Crippen LogP contribution >= 0.6 is 23.6 Å². The number of thiocarbonyl (C=S) groups is 1. The maximum Gasteiger partial charge on any atom is 0.292 e. The Morgan fingerprint density at radius 3 is 2.76 bits per heavy atom. The van der Waals surface area contributed by atoms with Gasteiger partial charge in [0.2, 0.25) is 0 Å². The molecule has 1 aromatic heterocycles. The van der Waals surface area contributed by atoms with Gasteiger partial charge in [0.25, 0.3) is 5.69 Å². The Balaban J connectivity index is 2.03. The summed E-state index contributed by atoms with van der Waals surface area (Å²) in [4.78, 5) is 11.5. The highest BCUT2D eigenvalue weighted by atomic mass is 32.1. The Bertz CT molecular complexity index is 683. The van der Waals surface area contributed by atoms with Crippen molar-refractivity contribution in [2.75, 3.05) is 5.32 Å². The Hall–Kier alpha value is -2.32. The first-order chi connectivity index (χ1) is 10.1. The topological polar surface area (TPSA) is 79.6 Å². The molecule has 0 atom stereocenters. The van der Waals surface area contributed by atoms with E-state index in [4.69, 9.17) is 12.2 Å². The lowest BCUT2D eigenvalue weighted by atomic mass is 10.3. The van der Waals surface area contributed by atoms with Crippen molar-refractivity contribution in [2.24, 2.45) is 5.10 Å². The summed E-state index contributed by atoms with van der Waals surface area (Å²) in [7, 11) is 0. The minimum Gasteiger partial charge on any atom is -0.326 e. The summed E-state index contributed by atoms with van der Waals surface area (Å²) in [6, 6.07) is 10.2. The van der Waals surface area contributed by atoms with Gasteiger partial charge in [-0.1, -0.05) is 18.2 Å². The molecule has 0 spiro atoms. The molecule has 1 heterocycles. The molecule has 0 bridgehead atoms. The number of rotatable bonds is 4. The highest BCUT2D eigenvalue weighted by Crippen LogP contribution is 2.22. The zero-order valence-corrected chi connectivity index (χ0v) is 12.7. The molecule has 2 rings (SSSR count). The highest BCUT2D eigenvalue weighted by Gasteiger charge is 2.12. The summed E-state index contributed by atoms with van der Waals surface area (Å²) in [5.41, 5.74) is 3.75. The van der Waals surface area contributed by atoms with Crippen LogP contribution in [0.5, 0.6) is 0 Å². The molecular formula is C13H12N4O2S2. The Morgan fingerprint density at radius 1 is 1.33 bits per heavy atom. The molecule has 2 aromatic rings. The smallest absolute Gasteiger partial charge is 0.292 e. The first kappa shape index (κ1) is 15.1. The number of benzene rings is 1. The average molecular weight is 320 g/mol. The van der Waals surface area contributed by atoms with E-state index in [-0.39, 0.29) is 10.8 Å². The molecule has 6 nitrogen and oxygen atoms in total. The number of thiophene rings is 1. The molecule has 1 aromatic carbocycles. The summed E-state index contributed by atoms with van der Waals surface area (Å²) in [5.74, 6) is 0. The van der Waals surface area contributed by atoms with Gasteiger partial charge in [-0.3, -0.25) is 15.5 Å². The Labute approximate surface area is 130 Å². The predicted octanol–water partition coefficient (Wildman–Crippen LogP) is 3.37. The maximum absolute atomic E-state index is 10.9. The van der Waals surface area contributed by atoms with Crippen LogP contribution in [0.4, 0.5) is 11.4 Å². The van der Waals surface area contributed by atoms with Crippen molar-refractivity contribution in [3.8, 4) is 0 Å². The van der Waals surface area contributed by atoms with Gasteiger partial charge in [-0.15, -0.1) is 11.3 Å². The quantitative estimate of drug-likeness (QED) is 0.391. The van der Waals surface area contributed by atoms with Crippen LogP contribution in [0.1, 0.15) is 11.8 Å². The number of hydrazone groups is 1. The zero-order valence-electron chi connectivity index (χ0n) is 11.1. The van der Waals surface area contributed by atoms with Gasteiger partial charge in [0.15, 0.2) is 5.11 Å². The molecule has 0 aliphatic rings. The summed E-state index contributed by atoms with van der Waals surface area (Å²) in [6.07, 6.45) is 0. The van der Waals surface area contributed by atoms with E-state index in [0.717, 1.165) is 10.6 Å². The standard InChI is InChI=1S/C13H12N4O2S2/c1-9(12-7-4-8-21-12)15-16-13(20)14-10-5-2-3-6-11(10)17(18)19/h2-8H,1H3,(H2,14,16,20)/b15-9-. The zero-order chi connectivity index (χ0) is 15.2. The Morgan fingerprint density at radius 2 is 2.10 bits per heavy atom.